The van der Waals surface area contributed by atoms with E-state index in [4.69, 9.17) is 0 Å². The van der Waals surface area contributed by atoms with Crippen LogP contribution >= 0.6 is 11.8 Å². The van der Waals surface area contributed by atoms with Crippen LogP contribution in [0.1, 0.15) is 32.4 Å². The Bertz CT molecular complexity index is 692. The Morgan fingerprint density at radius 1 is 1.04 bits per heavy atom. The van der Waals surface area contributed by atoms with Crippen molar-refractivity contribution in [3.05, 3.63) is 66.0 Å². The van der Waals surface area contributed by atoms with Crippen molar-refractivity contribution in [1.29, 1.82) is 0 Å². The topological polar surface area (TPSA) is 35.1 Å². The molecule has 0 radical (unpaired) electrons. The maximum absolute atomic E-state index is 15.0. The summed E-state index contributed by atoms with van der Waals surface area (Å²) < 4.78 is 57.7. The van der Waals surface area contributed by atoms with Gasteiger partial charge in [0.1, 0.15) is 10.6 Å². The van der Waals surface area contributed by atoms with Crippen LogP contribution in [-0.4, -0.2) is 14.6 Å². The Morgan fingerprint density at radius 2 is 1.68 bits per heavy atom. The minimum Gasteiger partial charge on any atom is -0.598 e. The largest absolute Gasteiger partial charge is 0.598 e. The predicted octanol–water partition coefficient (Wildman–Crippen LogP) is 5.30. The maximum Gasteiger partial charge on any atom is 0.321 e. The normalized spacial score (nSPS) is 15.0. The molecule has 136 valence electrons. The molecule has 0 aromatic heterocycles. The SMILES string of the molecule is CC(C)(C)[S+]([O-])N[C@@H](c1cccc(F)c1)C(F)(F)Sc1ccccc1. The van der Waals surface area contributed by atoms with Gasteiger partial charge in [-0.3, -0.25) is 0 Å². The zero-order valence-electron chi connectivity index (χ0n) is 14.1. The number of hydrogen-bond donors (Lipinski definition) is 1. The lowest BCUT2D eigenvalue weighted by Crippen LogP contribution is -2.46. The van der Waals surface area contributed by atoms with Crippen molar-refractivity contribution in [3.63, 3.8) is 0 Å². The van der Waals surface area contributed by atoms with Gasteiger partial charge in [-0.1, -0.05) is 30.3 Å². The first kappa shape index (κ1) is 20.2. The third-order valence-electron chi connectivity index (χ3n) is 3.30. The number of thioether (sulfide) groups is 1. The fraction of sp³-hybridized carbons (Fsp3) is 0.333. The molecule has 7 heteroatoms. The molecule has 0 spiro atoms. The van der Waals surface area contributed by atoms with Gasteiger partial charge < -0.3 is 4.55 Å². The average Bonchev–Trinajstić information content (AvgIpc) is 2.51. The summed E-state index contributed by atoms with van der Waals surface area (Å²) in [5.74, 6) is -0.619. The van der Waals surface area contributed by atoms with Gasteiger partial charge in [0.05, 0.1) is 0 Å². The number of nitrogens with one attached hydrogen (secondary N) is 1. The molecule has 2 rings (SSSR count). The lowest BCUT2D eigenvalue weighted by Gasteiger charge is -2.32. The summed E-state index contributed by atoms with van der Waals surface area (Å²) in [7, 11) is 0. The van der Waals surface area contributed by atoms with Crippen LogP contribution in [0.5, 0.6) is 0 Å². The number of alkyl halides is 2. The zero-order valence-corrected chi connectivity index (χ0v) is 15.8. The molecule has 1 N–H and O–H groups in total. The van der Waals surface area contributed by atoms with E-state index in [2.05, 4.69) is 4.72 Å². The van der Waals surface area contributed by atoms with Gasteiger partial charge in [0.15, 0.2) is 6.04 Å². The first-order chi connectivity index (χ1) is 11.6. The van der Waals surface area contributed by atoms with Crippen LogP contribution in [0.25, 0.3) is 0 Å². The van der Waals surface area contributed by atoms with Crippen molar-refractivity contribution in [3.8, 4) is 0 Å². The molecule has 25 heavy (non-hydrogen) atoms. The minimum absolute atomic E-state index is 0.0473. The molecule has 0 aliphatic carbocycles. The van der Waals surface area contributed by atoms with Gasteiger partial charge >= 0.3 is 5.25 Å². The predicted molar refractivity (Wildman–Crippen MR) is 97.4 cm³/mol. The summed E-state index contributed by atoms with van der Waals surface area (Å²) in [5.41, 5.74) is 0.0473. The number of rotatable bonds is 6. The standard InChI is InChI=1S/C18H20F3NOS2/c1-17(2,3)25(23)22-16(13-8-7-9-14(19)12-13)18(20,21)24-15-10-5-4-6-11-15/h4-12,16,22H,1-3H3/t16-,25?/m0/s1. The highest BCUT2D eigenvalue weighted by atomic mass is 32.2. The van der Waals surface area contributed by atoms with Crippen LogP contribution < -0.4 is 4.72 Å². The number of halogens is 3. The van der Waals surface area contributed by atoms with E-state index in [1.807, 2.05) is 0 Å². The summed E-state index contributed by atoms with van der Waals surface area (Å²) >= 11 is -1.39. The van der Waals surface area contributed by atoms with Crippen LogP contribution in [0.2, 0.25) is 0 Å². The molecule has 0 saturated carbocycles. The highest BCUT2D eigenvalue weighted by molar-refractivity contribution is 8.00. The van der Waals surface area contributed by atoms with Gasteiger partial charge in [-0.05, 0) is 62.4 Å². The van der Waals surface area contributed by atoms with Crippen LogP contribution in [0.3, 0.4) is 0 Å². The molecule has 0 aliphatic rings. The summed E-state index contributed by atoms with van der Waals surface area (Å²) in [4.78, 5) is 0.372. The fourth-order valence-electron chi connectivity index (χ4n) is 2.01. The quantitative estimate of drug-likeness (QED) is 0.539. The first-order valence-electron chi connectivity index (χ1n) is 7.65. The lowest BCUT2D eigenvalue weighted by molar-refractivity contribution is 0.0677. The van der Waals surface area contributed by atoms with Gasteiger partial charge in [-0.15, -0.1) is 4.72 Å². The highest BCUT2D eigenvalue weighted by Crippen LogP contribution is 2.45. The van der Waals surface area contributed by atoms with E-state index in [9.17, 15) is 17.7 Å². The second-order valence-electron chi connectivity index (χ2n) is 6.46. The van der Waals surface area contributed by atoms with Crippen molar-refractivity contribution in [2.75, 3.05) is 0 Å². The van der Waals surface area contributed by atoms with E-state index >= 15 is 0 Å². The van der Waals surface area contributed by atoms with Crippen LogP contribution in [0.4, 0.5) is 13.2 Å². The molecule has 2 aromatic rings. The highest BCUT2D eigenvalue weighted by Gasteiger charge is 2.46. The minimum atomic E-state index is -3.34. The zero-order chi connectivity index (χ0) is 18.7. The molecular weight excluding hydrogens is 367 g/mol. The molecule has 2 nitrogen and oxygen atoms in total. The van der Waals surface area contributed by atoms with Crippen molar-refractivity contribution in [1.82, 2.24) is 4.72 Å². The molecule has 2 aromatic carbocycles. The smallest absolute Gasteiger partial charge is 0.321 e. The average molecular weight is 387 g/mol. The number of hydrogen-bond acceptors (Lipinski definition) is 3. The van der Waals surface area contributed by atoms with Crippen LogP contribution in [-0.2, 0) is 11.4 Å². The number of benzene rings is 2. The Morgan fingerprint density at radius 3 is 2.24 bits per heavy atom. The molecule has 0 saturated heterocycles. The second kappa shape index (κ2) is 8.03. The lowest BCUT2D eigenvalue weighted by atomic mass is 10.1. The third kappa shape index (κ3) is 5.67. The van der Waals surface area contributed by atoms with Gasteiger partial charge in [0.2, 0.25) is 0 Å². The van der Waals surface area contributed by atoms with Crippen molar-refractivity contribution in [2.24, 2.45) is 0 Å². The molecule has 0 amide bonds. The summed E-state index contributed by atoms with van der Waals surface area (Å²) in [5, 5.41) is -3.34. The van der Waals surface area contributed by atoms with E-state index in [1.165, 1.54) is 18.2 Å². The summed E-state index contributed by atoms with van der Waals surface area (Å²) in [6.45, 7) is 5.05. The van der Waals surface area contributed by atoms with Gasteiger partial charge in [0.25, 0.3) is 0 Å². The van der Waals surface area contributed by atoms with E-state index in [0.717, 1.165) is 6.07 Å². The van der Waals surface area contributed by atoms with E-state index in [1.54, 1.807) is 51.1 Å². The van der Waals surface area contributed by atoms with E-state index in [-0.39, 0.29) is 5.56 Å². The maximum atomic E-state index is 15.0. The van der Waals surface area contributed by atoms with Gasteiger partial charge in [-0.2, -0.15) is 8.78 Å². The Balaban J connectivity index is 2.35. The fourth-order valence-corrected chi connectivity index (χ4v) is 3.85. The molecule has 1 unspecified atom stereocenters. The van der Waals surface area contributed by atoms with Crippen molar-refractivity contribution in [2.45, 2.75) is 41.7 Å². The van der Waals surface area contributed by atoms with Gasteiger partial charge in [0, 0.05) is 16.3 Å². The van der Waals surface area contributed by atoms with Crippen molar-refractivity contribution >= 4 is 23.1 Å². The summed E-state index contributed by atoms with van der Waals surface area (Å²) in [6.07, 6.45) is 0. The summed E-state index contributed by atoms with van der Waals surface area (Å²) in [6, 6.07) is 11.6. The Labute approximate surface area is 153 Å². The molecule has 2 atom stereocenters. The van der Waals surface area contributed by atoms with E-state index in [0.29, 0.717) is 16.7 Å². The second-order valence-corrected chi connectivity index (χ2v) is 9.68. The monoisotopic (exact) mass is 387 g/mol. The molecule has 0 fully saturated rings. The molecule has 0 aliphatic heterocycles. The van der Waals surface area contributed by atoms with Crippen LogP contribution in [0, 0.1) is 5.82 Å². The van der Waals surface area contributed by atoms with E-state index < -0.39 is 33.2 Å². The molecular formula is C18H20F3NOS2. The molecule has 0 bridgehead atoms. The van der Waals surface area contributed by atoms with Gasteiger partial charge in [-0.25, -0.2) is 4.39 Å². The molecule has 0 heterocycles. The van der Waals surface area contributed by atoms with Crippen molar-refractivity contribution < 1.29 is 17.7 Å². The Kier molecular flexibility index (Phi) is 6.48. The Hall–Kier alpha value is -1.15. The third-order valence-corrected chi connectivity index (χ3v) is 5.87. The van der Waals surface area contributed by atoms with Crippen LogP contribution in [0.15, 0.2) is 59.5 Å². The first-order valence-corrected chi connectivity index (χ1v) is 9.61.